The molecule has 0 heterocycles. The Balaban J connectivity index is 2.20. The van der Waals surface area contributed by atoms with Crippen LogP contribution >= 0.6 is 0 Å². The van der Waals surface area contributed by atoms with Gasteiger partial charge in [0.2, 0.25) is 0 Å². The molecule has 0 aliphatic heterocycles. The van der Waals surface area contributed by atoms with E-state index >= 15 is 0 Å². The zero-order valence-corrected chi connectivity index (χ0v) is 14.2. The summed E-state index contributed by atoms with van der Waals surface area (Å²) in [5.41, 5.74) is 2.51. The number of nitriles is 1. The fourth-order valence-corrected chi connectivity index (χ4v) is 2.21. The van der Waals surface area contributed by atoms with Crippen molar-refractivity contribution in [2.45, 2.75) is 13.3 Å². The van der Waals surface area contributed by atoms with Crippen LogP contribution in [-0.2, 0) is 11.2 Å². The summed E-state index contributed by atoms with van der Waals surface area (Å²) in [5, 5.41) is 12.1. The van der Waals surface area contributed by atoms with E-state index in [-0.39, 0.29) is 5.57 Å². The van der Waals surface area contributed by atoms with Gasteiger partial charge in [-0.3, -0.25) is 4.79 Å². The highest BCUT2D eigenvalue weighted by atomic mass is 16.5. The van der Waals surface area contributed by atoms with Gasteiger partial charge in [-0.15, -0.1) is 0 Å². The fourth-order valence-electron chi connectivity index (χ4n) is 2.21. The first-order valence-electron chi connectivity index (χ1n) is 8.02. The molecule has 0 aromatic heterocycles. The van der Waals surface area contributed by atoms with Gasteiger partial charge in [0.15, 0.2) is 0 Å². The Bertz CT molecular complexity index is 815. The molecule has 4 nitrogen and oxygen atoms in total. The Kier molecular flexibility index (Phi) is 6.56. The van der Waals surface area contributed by atoms with Crippen molar-refractivity contribution in [2.75, 3.05) is 11.9 Å². The SMILES string of the molecule is C=CCOc1ccccc1/C=C(\C#N)C(=O)Nc1ccc(CC)cc1. The van der Waals surface area contributed by atoms with Crippen LogP contribution in [-0.4, -0.2) is 12.5 Å². The van der Waals surface area contributed by atoms with Crippen molar-refractivity contribution < 1.29 is 9.53 Å². The highest BCUT2D eigenvalue weighted by Gasteiger charge is 2.11. The Labute approximate surface area is 148 Å². The maximum atomic E-state index is 12.4. The summed E-state index contributed by atoms with van der Waals surface area (Å²) in [6.07, 6.45) is 4.09. The number of amides is 1. The second kappa shape index (κ2) is 9.09. The molecule has 0 radical (unpaired) electrons. The first-order valence-corrected chi connectivity index (χ1v) is 8.02. The van der Waals surface area contributed by atoms with Crippen LogP contribution in [0.1, 0.15) is 18.1 Å². The number of anilines is 1. The van der Waals surface area contributed by atoms with Crippen molar-refractivity contribution >= 4 is 17.7 Å². The molecule has 0 fully saturated rings. The summed E-state index contributed by atoms with van der Waals surface area (Å²) >= 11 is 0. The van der Waals surface area contributed by atoms with Gasteiger partial charge in [0.05, 0.1) is 0 Å². The van der Waals surface area contributed by atoms with Crippen LogP contribution in [0, 0.1) is 11.3 Å². The lowest BCUT2D eigenvalue weighted by molar-refractivity contribution is -0.112. The lowest BCUT2D eigenvalue weighted by Gasteiger charge is -2.08. The van der Waals surface area contributed by atoms with Crippen LogP contribution in [0.15, 0.2) is 66.8 Å². The van der Waals surface area contributed by atoms with Crippen molar-refractivity contribution in [3.63, 3.8) is 0 Å². The average Bonchev–Trinajstić information content (AvgIpc) is 2.65. The summed E-state index contributed by atoms with van der Waals surface area (Å²) in [4.78, 5) is 12.4. The Morgan fingerprint density at radius 1 is 1.24 bits per heavy atom. The molecular weight excluding hydrogens is 312 g/mol. The lowest BCUT2D eigenvalue weighted by Crippen LogP contribution is -2.13. The summed E-state index contributed by atoms with van der Waals surface area (Å²) < 4.78 is 5.55. The normalized spacial score (nSPS) is 10.6. The van der Waals surface area contributed by atoms with E-state index in [4.69, 9.17) is 4.74 Å². The third-order valence-corrected chi connectivity index (χ3v) is 3.56. The van der Waals surface area contributed by atoms with Gasteiger partial charge in [-0.05, 0) is 36.3 Å². The standard InChI is InChI=1S/C21H20N2O2/c1-3-13-25-20-8-6-5-7-17(20)14-18(15-22)21(24)23-19-11-9-16(4-2)10-12-19/h3,5-12,14H,1,4,13H2,2H3,(H,23,24)/b18-14+. The first-order chi connectivity index (χ1) is 12.2. The molecule has 4 heteroatoms. The molecule has 0 spiro atoms. The monoisotopic (exact) mass is 332 g/mol. The number of para-hydroxylation sites is 1. The summed E-state index contributed by atoms with van der Waals surface area (Å²) in [5.74, 6) is 0.139. The van der Waals surface area contributed by atoms with E-state index in [1.165, 1.54) is 11.6 Å². The number of rotatable bonds is 7. The van der Waals surface area contributed by atoms with Crippen LogP contribution in [0.25, 0.3) is 6.08 Å². The van der Waals surface area contributed by atoms with E-state index < -0.39 is 5.91 Å². The van der Waals surface area contributed by atoms with Gasteiger partial charge in [0, 0.05) is 11.3 Å². The molecule has 1 N–H and O–H groups in total. The number of hydrogen-bond acceptors (Lipinski definition) is 3. The maximum absolute atomic E-state index is 12.4. The summed E-state index contributed by atoms with van der Waals surface area (Å²) in [7, 11) is 0. The Morgan fingerprint density at radius 2 is 1.96 bits per heavy atom. The number of ether oxygens (including phenoxy) is 1. The molecular formula is C21H20N2O2. The predicted octanol–water partition coefficient (Wildman–Crippen LogP) is 4.36. The van der Waals surface area contributed by atoms with E-state index in [1.807, 2.05) is 42.5 Å². The zero-order chi connectivity index (χ0) is 18.1. The van der Waals surface area contributed by atoms with Gasteiger partial charge in [0.25, 0.3) is 5.91 Å². The van der Waals surface area contributed by atoms with Gasteiger partial charge >= 0.3 is 0 Å². The van der Waals surface area contributed by atoms with E-state index in [1.54, 1.807) is 18.2 Å². The average molecular weight is 332 g/mol. The van der Waals surface area contributed by atoms with Crippen molar-refractivity contribution in [3.05, 3.63) is 77.9 Å². The third-order valence-electron chi connectivity index (χ3n) is 3.56. The molecule has 1 amide bonds. The molecule has 2 aromatic rings. The van der Waals surface area contributed by atoms with Gasteiger partial charge in [0.1, 0.15) is 24.0 Å². The number of hydrogen-bond donors (Lipinski definition) is 1. The molecule has 0 saturated heterocycles. The van der Waals surface area contributed by atoms with Crippen LogP contribution < -0.4 is 10.1 Å². The van der Waals surface area contributed by atoms with Gasteiger partial charge in [-0.1, -0.05) is 49.9 Å². The molecule has 0 bridgehead atoms. The quantitative estimate of drug-likeness (QED) is 0.465. The van der Waals surface area contributed by atoms with Crippen molar-refractivity contribution in [1.29, 1.82) is 5.26 Å². The van der Waals surface area contributed by atoms with E-state index in [2.05, 4.69) is 18.8 Å². The lowest BCUT2D eigenvalue weighted by atomic mass is 10.1. The van der Waals surface area contributed by atoms with E-state index in [0.717, 1.165) is 6.42 Å². The van der Waals surface area contributed by atoms with Crippen LogP contribution in [0.5, 0.6) is 5.75 Å². The van der Waals surface area contributed by atoms with Crippen molar-refractivity contribution in [2.24, 2.45) is 0 Å². The topological polar surface area (TPSA) is 62.1 Å². The minimum absolute atomic E-state index is 0.00854. The minimum atomic E-state index is -0.453. The van der Waals surface area contributed by atoms with Gasteiger partial charge in [-0.2, -0.15) is 5.26 Å². The Hall–Kier alpha value is -3.32. The largest absolute Gasteiger partial charge is 0.489 e. The number of nitrogens with zero attached hydrogens (tertiary/aromatic N) is 1. The molecule has 0 aliphatic carbocycles. The van der Waals surface area contributed by atoms with Crippen molar-refractivity contribution in [3.8, 4) is 11.8 Å². The first kappa shape index (κ1) is 18.0. The molecule has 126 valence electrons. The minimum Gasteiger partial charge on any atom is -0.489 e. The highest BCUT2D eigenvalue weighted by Crippen LogP contribution is 2.21. The Morgan fingerprint density at radius 3 is 2.60 bits per heavy atom. The third kappa shape index (κ3) is 5.08. The molecule has 25 heavy (non-hydrogen) atoms. The van der Waals surface area contributed by atoms with Gasteiger partial charge < -0.3 is 10.1 Å². The fraction of sp³-hybridized carbons (Fsp3) is 0.143. The molecule has 0 unspecified atom stereocenters. The number of aryl methyl sites for hydroxylation is 1. The van der Waals surface area contributed by atoms with Gasteiger partial charge in [-0.25, -0.2) is 0 Å². The highest BCUT2D eigenvalue weighted by molar-refractivity contribution is 6.09. The summed E-state index contributed by atoms with van der Waals surface area (Å²) in [6.45, 7) is 6.03. The second-order valence-corrected chi connectivity index (χ2v) is 5.31. The predicted molar refractivity (Wildman–Crippen MR) is 100 cm³/mol. The van der Waals surface area contributed by atoms with E-state index in [9.17, 15) is 10.1 Å². The summed E-state index contributed by atoms with van der Waals surface area (Å²) in [6, 6.07) is 16.7. The molecule has 0 atom stereocenters. The zero-order valence-electron chi connectivity index (χ0n) is 14.2. The molecule has 2 aromatic carbocycles. The van der Waals surface area contributed by atoms with Crippen LogP contribution in [0.4, 0.5) is 5.69 Å². The number of benzene rings is 2. The van der Waals surface area contributed by atoms with Crippen LogP contribution in [0.3, 0.4) is 0 Å². The number of nitrogens with one attached hydrogen (secondary N) is 1. The van der Waals surface area contributed by atoms with E-state index in [0.29, 0.717) is 23.6 Å². The molecule has 0 aliphatic rings. The second-order valence-electron chi connectivity index (χ2n) is 5.31. The number of carbonyl (C=O) groups is 1. The number of carbonyl (C=O) groups excluding carboxylic acids is 1. The van der Waals surface area contributed by atoms with Crippen LogP contribution in [0.2, 0.25) is 0 Å². The maximum Gasteiger partial charge on any atom is 0.266 e. The molecule has 2 rings (SSSR count). The molecule has 0 saturated carbocycles. The smallest absolute Gasteiger partial charge is 0.266 e. The van der Waals surface area contributed by atoms with Crippen molar-refractivity contribution in [1.82, 2.24) is 0 Å².